The Morgan fingerprint density at radius 2 is 1.48 bits per heavy atom. The number of anilines is 5. The van der Waals surface area contributed by atoms with E-state index in [4.69, 9.17) is 0 Å². The maximum Gasteiger partial charge on any atom is 0.249 e. The maximum absolute atomic E-state index is 4.53. The summed E-state index contributed by atoms with van der Waals surface area (Å²) in [7, 11) is 0. The fourth-order valence-corrected chi connectivity index (χ4v) is 3.55. The van der Waals surface area contributed by atoms with E-state index in [1.807, 2.05) is 12.1 Å². The van der Waals surface area contributed by atoms with Crippen molar-refractivity contribution >= 4 is 28.8 Å². The minimum atomic E-state index is 0.470. The lowest BCUT2D eigenvalue weighted by Gasteiger charge is -2.28. The van der Waals surface area contributed by atoms with E-state index in [2.05, 4.69) is 81.0 Å². The highest BCUT2D eigenvalue weighted by Crippen LogP contribution is 2.24. The Balaban J connectivity index is 1.40. The van der Waals surface area contributed by atoms with Crippen LogP contribution in [-0.2, 0) is 0 Å². The van der Waals surface area contributed by atoms with Gasteiger partial charge in [0.15, 0.2) is 5.82 Å². The van der Waals surface area contributed by atoms with Crippen molar-refractivity contribution < 1.29 is 0 Å². The molecule has 4 rings (SSSR count). The van der Waals surface area contributed by atoms with E-state index in [1.165, 1.54) is 30.5 Å². The second-order valence-electron chi connectivity index (χ2n) is 7.79. The van der Waals surface area contributed by atoms with E-state index in [0.29, 0.717) is 17.7 Å². The number of piperidine rings is 1. The molecule has 2 heterocycles. The normalized spacial score (nSPS) is 14.1. The molecule has 0 atom stereocenters. The zero-order chi connectivity index (χ0) is 20.1. The molecule has 3 aromatic rings. The highest BCUT2D eigenvalue weighted by atomic mass is 15.3. The van der Waals surface area contributed by atoms with Crippen LogP contribution < -0.4 is 15.5 Å². The van der Waals surface area contributed by atoms with E-state index in [0.717, 1.165) is 24.5 Å². The lowest BCUT2D eigenvalue weighted by Crippen LogP contribution is -2.29. The summed E-state index contributed by atoms with van der Waals surface area (Å²) in [6, 6.07) is 16.8. The van der Waals surface area contributed by atoms with Gasteiger partial charge in [-0.2, -0.15) is 10.1 Å². The fourth-order valence-electron chi connectivity index (χ4n) is 3.55. The minimum absolute atomic E-state index is 0.470. The first-order valence-corrected chi connectivity index (χ1v) is 10.4. The van der Waals surface area contributed by atoms with Gasteiger partial charge in [0, 0.05) is 30.2 Å². The van der Waals surface area contributed by atoms with Crippen molar-refractivity contribution in [3.8, 4) is 0 Å². The molecule has 0 saturated carbocycles. The van der Waals surface area contributed by atoms with Gasteiger partial charge in [0.05, 0.1) is 6.20 Å². The molecule has 0 spiro atoms. The lowest BCUT2D eigenvalue weighted by atomic mass is 10.0. The third kappa shape index (κ3) is 5.02. The smallest absolute Gasteiger partial charge is 0.249 e. The second-order valence-corrected chi connectivity index (χ2v) is 7.79. The van der Waals surface area contributed by atoms with Gasteiger partial charge in [-0.25, -0.2) is 0 Å². The number of nitrogens with one attached hydrogen (secondary N) is 2. The van der Waals surface area contributed by atoms with Gasteiger partial charge >= 0.3 is 0 Å². The molecule has 0 bridgehead atoms. The van der Waals surface area contributed by atoms with Crippen molar-refractivity contribution in [3.05, 3.63) is 60.3 Å². The summed E-state index contributed by atoms with van der Waals surface area (Å²) < 4.78 is 0. The van der Waals surface area contributed by atoms with E-state index in [-0.39, 0.29) is 0 Å². The third-order valence-electron chi connectivity index (χ3n) is 5.25. The van der Waals surface area contributed by atoms with Gasteiger partial charge < -0.3 is 15.5 Å². The van der Waals surface area contributed by atoms with Gasteiger partial charge in [-0.15, -0.1) is 5.10 Å². The Morgan fingerprint density at radius 3 is 2.17 bits per heavy atom. The van der Waals surface area contributed by atoms with Crippen LogP contribution in [0.3, 0.4) is 0 Å². The second kappa shape index (κ2) is 8.90. The summed E-state index contributed by atoms with van der Waals surface area (Å²) in [5, 5.41) is 14.7. The van der Waals surface area contributed by atoms with E-state index in [9.17, 15) is 0 Å². The lowest BCUT2D eigenvalue weighted by molar-refractivity contribution is 0.578. The number of rotatable bonds is 6. The predicted octanol–water partition coefficient (Wildman–Crippen LogP) is 5.47. The molecule has 6 nitrogen and oxygen atoms in total. The molecule has 1 aliphatic rings. The molecular weight excluding hydrogens is 360 g/mol. The number of aromatic nitrogens is 3. The number of nitrogens with zero attached hydrogens (tertiary/aromatic N) is 4. The summed E-state index contributed by atoms with van der Waals surface area (Å²) in [4.78, 5) is 6.98. The summed E-state index contributed by atoms with van der Waals surface area (Å²) in [6.07, 6.45) is 5.53. The molecule has 1 aliphatic heterocycles. The molecule has 0 radical (unpaired) electrons. The number of hydrogen-bond acceptors (Lipinski definition) is 6. The van der Waals surface area contributed by atoms with Crippen molar-refractivity contribution in [1.29, 1.82) is 0 Å². The quantitative estimate of drug-likeness (QED) is 0.583. The van der Waals surface area contributed by atoms with Crippen molar-refractivity contribution in [2.45, 2.75) is 39.0 Å². The van der Waals surface area contributed by atoms with Crippen LogP contribution in [0, 0.1) is 0 Å². The molecular formula is C23H28N6. The van der Waals surface area contributed by atoms with Crippen molar-refractivity contribution in [2.75, 3.05) is 28.6 Å². The Morgan fingerprint density at radius 1 is 0.828 bits per heavy atom. The third-order valence-corrected chi connectivity index (χ3v) is 5.25. The van der Waals surface area contributed by atoms with Crippen LogP contribution in [0.1, 0.15) is 44.6 Å². The monoisotopic (exact) mass is 388 g/mol. The average Bonchev–Trinajstić information content (AvgIpc) is 2.76. The van der Waals surface area contributed by atoms with Gasteiger partial charge in [-0.1, -0.05) is 26.0 Å². The molecule has 6 heteroatoms. The fraction of sp³-hybridized carbons (Fsp3) is 0.348. The Labute approximate surface area is 172 Å². The molecule has 0 unspecified atom stereocenters. The first-order valence-electron chi connectivity index (χ1n) is 10.4. The van der Waals surface area contributed by atoms with Crippen LogP contribution in [0.2, 0.25) is 0 Å². The van der Waals surface area contributed by atoms with Crippen molar-refractivity contribution in [3.63, 3.8) is 0 Å². The van der Waals surface area contributed by atoms with Gasteiger partial charge in [-0.3, -0.25) is 0 Å². The van der Waals surface area contributed by atoms with Crippen LogP contribution in [0.5, 0.6) is 0 Å². The molecule has 150 valence electrons. The van der Waals surface area contributed by atoms with Gasteiger partial charge in [0.1, 0.15) is 0 Å². The molecule has 29 heavy (non-hydrogen) atoms. The zero-order valence-corrected chi connectivity index (χ0v) is 17.1. The minimum Gasteiger partial charge on any atom is -0.372 e. The van der Waals surface area contributed by atoms with E-state index >= 15 is 0 Å². The zero-order valence-electron chi connectivity index (χ0n) is 17.1. The van der Waals surface area contributed by atoms with Crippen LogP contribution in [0.4, 0.5) is 28.8 Å². The van der Waals surface area contributed by atoms with Gasteiger partial charge in [0.25, 0.3) is 0 Å². The summed E-state index contributed by atoms with van der Waals surface area (Å²) in [5.74, 6) is 1.64. The first kappa shape index (κ1) is 19.2. The molecule has 1 saturated heterocycles. The highest BCUT2D eigenvalue weighted by molar-refractivity contribution is 5.62. The standard InChI is InChI=1S/C23H28N6/c1-17(2)18-6-8-20(9-7-18)26-23-27-22(16-24-28-23)25-19-10-12-21(13-11-19)29-14-4-3-5-15-29/h6-13,16-17H,3-5,14-15H2,1-2H3,(H2,25,26,27,28). The molecule has 0 amide bonds. The Hall–Kier alpha value is -3.15. The largest absolute Gasteiger partial charge is 0.372 e. The summed E-state index contributed by atoms with van der Waals surface area (Å²) in [5.41, 5.74) is 4.51. The molecule has 0 aliphatic carbocycles. The van der Waals surface area contributed by atoms with Gasteiger partial charge in [-0.05, 0) is 67.1 Å². The predicted molar refractivity (Wildman–Crippen MR) is 119 cm³/mol. The van der Waals surface area contributed by atoms with Crippen LogP contribution >= 0.6 is 0 Å². The van der Waals surface area contributed by atoms with Crippen LogP contribution in [0.15, 0.2) is 54.7 Å². The molecule has 1 fully saturated rings. The highest BCUT2D eigenvalue weighted by Gasteiger charge is 2.10. The number of benzene rings is 2. The summed E-state index contributed by atoms with van der Waals surface area (Å²) >= 11 is 0. The van der Waals surface area contributed by atoms with Crippen molar-refractivity contribution in [2.24, 2.45) is 0 Å². The first-order chi connectivity index (χ1) is 14.2. The molecule has 2 N–H and O–H groups in total. The number of hydrogen-bond donors (Lipinski definition) is 2. The van der Waals surface area contributed by atoms with Crippen molar-refractivity contribution in [1.82, 2.24) is 15.2 Å². The van der Waals surface area contributed by atoms with Crippen LogP contribution in [0.25, 0.3) is 0 Å². The maximum atomic E-state index is 4.53. The Bertz CT molecular complexity index is 915. The van der Waals surface area contributed by atoms with E-state index in [1.54, 1.807) is 6.20 Å². The van der Waals surface area contributed by atoms with E-state index < -0.39 is 0 Å². The average molecular weight is 389 g/mol. The molecule has 1 aromatic heterocycles. The summed E-state index contributed by atoms with van der Waals surface area (Å²) in [6.45, 7) is 6.67. The molecule has 2 aromatic carbocycles. The van der Waals surface area contributed by atoms with Gasteiger partial charge in [0.2, 0.25) is 5.95 Å². The SMILES string of the molecule is CC(C)c1ccc(Nc2nncc(Nc3ccc(N4CCCCC4)cc3)n2)cc1. The Kier molecular flexibility index (Phi) is 5.89. The topological polar surface area (TPSA) is 66.0 Å². The van der Waals surface area contributed by atoms with Crippen LogP contribution in [-0.4, -0.2) is 28.3 Å².